The van der Waals surface area contributed by atoms with Gasteiger partial charge in [-0.25, -0.2) is 8.42 Å². The first-order valence-corrected chi connectivity index (χ1v) is 8.95. The van der Waals surface area contributed by atoms with Gasteiger partial charge in [0.15, 0.2) is 14.9 Å². The van der Waals surface area contributed by atoms with Crippen LogP contribution in [0.1, 0.15) is 38.5 Å². The normalized spacial score (nSPS) is 27.9. The second-order valence-electron chi connectivity index (χ2n) is 5.45. The van der Waals surface area contributed by atoms with Gasteiger partial charge in [0.1, 0.15) is 0 Å². The summed E-state index contributed by atoms with van der Waals surface area (Å²) in [5, 5.41) is 3.92. The first kappa shape index (κ1) is 14.1. The molecule has 0 aromatic carbocycles. The summed E-state index contributed by atoms with van der Waals surface area (Å²) in [5.41, 5.74) is 0. The van der Waals surface area contributed by atoms with Crippen molar-refractivity contribution in [3.05, 3.63) is 0 Å². The van der Waals surface area contributed by atoms with Gasteiger partial charge in [-0.3, -0.25) is 0 Å². The van der Waals surface area contributed by atoms with Crippen LogP contribution in [0.25, 0.3) is 0 Å². The fourth-order valence-corrected chi connectivity index (χ4v) is 4.81. The predicted octanol–water partition coefficient (Wildman–Crippen LogP) is 1.31. The van der Waals surface area contributed by atoms with Crippen molar-refractivity contribution in [3.8, 4) is 0 Å². The molecule has 1 saturated carbocycles. The number of rotatable bonds is 2. The van der Waals surface area contributed by atoms with E-state index in [4.69, 9.17) is 12.2 Å². The number of nitrogens with zero attached hydrogens (tertiary/aromatic N) is 1. The number of nitrogens with one attached hydrogen (secondary N) is 1. The van der Waals surface area contributed by atoms with Crippen LogP contribution in [-0.2, 0) is 9.84 Å². The van der Waals surface area contributed by atoms with Crippen LogP contribution >= 0.6 is 12.2 Å². The third-order valence-corrected chi connectivity index (χ3v) is 6.18. The molecule has 1 heterocycles. The summed E-state index contributed by atoms with van der Waals surface area (Å²) in [6.45, 7) is 0. The van der Waals surface area contributed by atoms with Crippen molar-refractivity contribution in [2.45, 2.75) is 50.6 Å². The van der Waals surface area contributed by atoms with Gasteiger partial charge in [0.2, 0.25) is 0 Å². The molecule has 2 fully saturated rings. The zero-order valence-electron chi connectivity index (χ0n) is 10.9. The molecule has 2 aliphatic rings. The molecular weight excluding hydrogens is 268 g/mol. The molecule has 1 aliphatic carbocycles. The van der Waals surface area contributed by atoms with Gasteiger partial charge in [0, 0.05) is 19.1 Å². The summed E-state index contributed by atoms with van der Waals surface area (Å²) in [6.07, 6.45) is 6.94. The lowest BCUT2D eigenvalue weighted by Crippen LogP contribution is -2.48. The lowest BCUT2D eigenvalue weighted by atomic mass is 9.95. The Kier molecular flexibility index (Phi) is 4.48. The topological polar surface area (TPSA) is 49.4 Å². The zero-order chi connectivity index (χ0) is 13.2. The Hall–Kier alpha value is -0.360. The van der Waals surface area contributed by atoms with E-state index in [1.165, 1.54) is 32.1 Å². The van der Waals surface area contributed by atoms with E-state index in [9.17, 15) is 8.42 Å². The van der Waals surface area contributed by atoms with E-state index >= 15 is 0 Å². The van der Waals surface area contributed by atoms with Crippen molar-refractivity contribution in [3.63, 3.8) is 0 Å². The molecular formula is C12H22N2O2S2. The molecule has 18 heavy (non-hydrogen) atoms. The van der Waals surface area contributed by atoms with Crippen LogP contribution in [0.2, 0.25) is 0 Å². The molecule has 4 nitrogen and oxygen atoms in total. The predicted molar refractivity (Wildman–Crippen MR) is 77.4 cm³/mol. The quantitative estimate of drug-likeness (QED) is 0.777. The van der Waals surface area contributed by atoms with E-state index in [2.05, 4.69) is 10.2 Å². The number of sulfone groups is 1. The van der Waals surface area contributed by atoms with Crippen molar-refractivity contribution in [1.82, 2.24) is 10.2 Å². The Balaban J connectivity index is 1.84. The highest BCUT2D eigenvalue weighted by molar-refractivity contribution is 7.91. The lowest BCUT2D eigenvalue weighted by molar-refractivity contribution is 0.274. The van der Waals surface area contributed by atoms with Gasteiger partial charge in [0.25, 0.3) is 0 Å². The number of hydrogen-bond donors (Lipinski definition) is 1. The van der Waals surface area contributed by atoms with Crippen molar-refractivity contribution in [1.29, 1.82) is 0 Å². The summed E-state index contributed by atoms with van der Waals surface area (Å²) in [6, 6.07) is 0.533. The van der Waals surface area contributed by atoms with Gasteiger partial charge in [-0.15, -0.1) is 0 Å². The summed E-state index contributed by atoms with van der Waals surface area (Å²) in [5.74, 6) is 0.520. The summed E-state index contributed by atoms with van der Waals surface area (Å²) < 4.78 is 22.8. The van der Waals surface area contributed by atoms with Crippen molar-refractivity contribution < 1.29 is 8.42 Å². The molecule has 0 aromatic rings. The minimum atomic E-state index is -2.83. The third-order valence-electron chi connectivity index (χ3n) is 4.00. The molecule has 0 spiro atoms. The van der Waals surface area contributed by atoms with Gasteiger partial charge in [-0.05, 0) is 31.5 Å². The average Bonchev–Trinajstić information content (AvgIpc) is 2.68. The standard InChI is InChI=1S/C12H22N2O2S2/c1-14(11-5-3-2-4-6-11)12(17)13-10-7-8-18(15,16)9-10/h10-11H,2-9H2,1H3,(H,13,17)/t10-/m1/s1. The van der Waals surface area contributed by atoms with E-state index in [1.54, 1.807) is 0 Å². The van der Waals surface area contributed by atoms with E-state index in [0.29, 0.717) is 23.3 Å². The summed E-state index contributed by atoms with van der Waals surface area (Å²) >= 11 is 5.39. The van der Waals surface area contributed by atoms with Crippen LogP contribution in [0.4, 0.5) is 0 Å². The third kappa shape index (κ3) is 3.57. The minimum absolute atomic E-state index is 0.00791. The molecule has 104 valence electrons. The van der Waals surface area contributed by atoms with Crippen LogP contribution in [0.15, 0.2) is 0 Å². The Morgan fingerprint density at radius 2 is 1.89 bits per heavy atom. The highest BCUT2D eigenvalue weighted by Gasteiger charge is 2.29. The second-order valence-corrected chi connectivity index (χ2v) is 8.07. The second kappa shape index (κ2) is 5.74. The van der Waals surface area contributed by atoms with E-state index < -0.39 is 9.84 Å². The van der Waals surface area contributed by atoms with Gasteiger partial charge >= 0.3 is 0 Å². The average molecular weight is 290 g/mol. The van der Waals surface area contributed by atoms with E-state index in [1.807, 2.05) is 7.05 Å². The van der Waals surface area contributed by atoms with Crippen molar-refractivity contribution >= 4 is 27.2 Å². The molecule has 1 saturated heterocycles. The molecule has 1 atom stereocenters. The lowest BCUT2D eigenvalue weighted by Gasteiger charge is -2.34. The highest BCUT2D eigenvalue weighted by atomic mass is 32.2. The van der Waals surface area contributed by atoms with E-state index in [0.717, 1.165) is 0 Å². The fraction of sp³-hybridized carbons (Fsp3) is 0.917. The van der Waals surface area contributed by atoms with Crippen LogP contribution in [0.5, 0.6) is 0 Å². The first-order valence-electron chi connectivity index (χ1n) is 6.72. The first-order chi connectivity index (χ1) is 8.48. The maximum atomic E-state index is 11.4. The van der Waals surface area contributed by atoms with Crippen LogP contribution in [-0.4, -0.2) is 49.1 Å². The molecule has 0 radical (unpaired) electrons. The van der Waals surface area contributed by atoms with Crippen LogP contribution in [0, 0.1) is 0 Å². The fourth-order valence-electron chi connectivity index (χ4n) is 2.82. The molecule has 2 rings (SSSR count). The molecule has 0 aromatic heterocycles. The number of thiocarbonyl (C=S) groups is 1. The largest absolute Gasteiger partial charge is 0.359 e. The molecule has 1 aliphatic heterocycles. The van der Waals surface area contributed by atoms with Crippen molar-refractivity contribution in [2.75, 3.05) is 18.6 Å². The SMILES string of the molecule is CN(C(=S)N[C@@H]1CCS(=O)(=O)C1)C1CCCCC1. The smallest absolute Gasteiger partial charge is 0.169 e. The molecule has 1 N–H and O–H groups in total. The Bertz CT molecular complexity index is 402. The summed E-state index contributed by atoms with van der Waals surface area (Å²) in [4.78, 5) is 2.12. The minimum Gasteiger partial charge on any atom is -0.359 e. The van der Waals surface area contributed by atoms with Gasteiger partial charge in [0.05, 0.1) is 11.5 Å². The molecule has 0 bridgehead atoms. The monoisotopic (exact) mass is 290 g/mol. The Labute approximate surface area is 115 Å². The van der Waals surface area contributed by atoms with Gasteiger partial charge in [-0.1, -0.05) is 19.3 Å². The number of hydrogen-bond acceptors (Lipinski definition) is 3. The Morgan fingerprint density at radius 3 is 2.44 bits per heavy atom. The van der Waals surface area contributed by atoms with Gasteiger partial charge in [-0.2, -0.15) is 0 Å². The maximum Gasteiger partial charge on any atom is 0.169 e. The Morgan fingerprint density at radius 1 is 1.22 bits per heavy atom. The van der Waals surface area contributed by atoms with Crippen molar-refractivity contribution in [2.24, 2.45) is 0 Å². The van der Waals surface area contributed by atoms with E-state index in [-0.39, 0.29) is 11.8 Å². The van der Waals surface area contributed by atoms with Gasteiger partial charge < -0.3 is 10.2 Å². The molecule has 0 amide bonds. The van der Waals surface area contributed by atoms with Crippen LogP contribution < -0.4 is 5.32 Å². The highest BCUT2D eigenvalue weighted by Crippen LogP contribution is 2.22. The zero-order valence-corrected chi connectivity index (χ0v) is 12.5. The van der Waals surface area contributed by atoms with Crippen LogP contribution in [0.3, 0.4) is 0 Å². The molecule has 6 heteroatoms. The summed E-state index contributed by atoms with van der Waals surface area (Å²) in [7, 11) is -0.810. The maximum absolute atomic E-state index is 11.4. The molecule has 0 unspecified atom stereocenters.